The number of aliphatic hydroxyl groups excluding tert-OH is 1. The van der Waals surface area contributed by atoms with Crippen LogP contribution in [0.25, 0.3) is 0 Å². The summed E-state index contributed by atoms with van der Waals surface area (Å²) in [5.41, 5.74) is -4.79. The lowest BCUT2D eigenvalue weighted by Gasteiger charge is -2.28. The molecule has 0 atom stereocenters. The highest BCUT2D eigenvalue weighted by Gasteiger charge is 2.28. The Bertz CT molecular complexity index is 873. The first-order chi connectivity index (χ1) is 13.2. The van der Waals surface area contributed by atoms with Crippen molar-refractivity contribution in [2.24, 2.45) is 0 Å². The molecule has 0 aromatic heterocycles. The molecule has 2 rings (SSSR count). The standard InChI is InChI=1S/C15H16O3/c1-15(10-16,11-2-6-13(17)7-3-11)12-4-8-14(18)9-5-12/h2-9,16-18H,10H2,1H3/i1D3,2D,3D,4D,5D,6D,7D,8D,9D. The fourth-order valence-corrected chi connectivity index (χ4v) is 1.32. The summed E-state index contributed by atoms with van der Waals surface area (Å²) in [4.78, 5) is 0. The predicted octanol–water partition coefficient (Wildman–Crippen LogP) is 2.40. The third-order valence-corrected chi connectivity index (χ3v) is 2.31. The van der Waals surface area contributed by atoms with Gasteiger partial charge >= 0.3 is 0 Å². The van der Waals surface area contributed by atoms with E-state index in [1.807, 2.05) is 0 Å². The molecule has 3 N–H and O–H groups in total. The van der Waals surface area contributed by atoms with Crippen LogP contribution < -0.4 is 0 Å². The van der Waals surface area contributed by atoms with Crippen LogP contribution in [0.3, 0.4) is 0 Å². The topological polar surface area (TPSA) is 60.7 Å². The van der Waals surface area contributed by atoms with Gasteiger partial charge in [-0.05, 0) is 42.1 Å². The van der Waals surface area contributed by atoms with Crippen LogP contribution in [0.1, 0.15) is 33.1 Å². The monoisotopic (exact) mass is 255 g/mol. The van der Waals surface area contributed by atoms with Crippen LogP contribution in [-0.4, -0.2) is 21.9 Å². The molecule has 2 aromatic carbocycles. The fraction of sp³-hybridized carbons (Fsp3) is 0.200. The number of hydrogen-bond donors (Lipinski definition) is 3. The zero-order valence-electron chi connectivity index (χ0n) is 20.0. The number of hydrogen-bond acceptors (Lipinski definition) is 3. The van der Waals surface area contributed by atoms with E-state index in [1.165, 1.54) is 0 Å². The molecule has 0 saturated carbocycles. The summed E-state index contributed by atoms with van der Waals surface area (Å²) in [6, 6.07) is -8.13. The molecule has 0 fully saturated rings. The molecule has 0 amide bonds. The molecule has 0 saturated heterocycles. The lowest BCUT2D eigenvalue weighted by Crippen LogP contribution is -2.28. The summed E-state index contributed by atoms with van der Waals surface area (Å²) >= 11 is 0. The third-order valence-electron chi connectivity index (χ3n) is 2.31. The Labute approximate surface area is 121 Å². The minimum absolute atomic E-state index is 0.931. The van der Waals surface area contributed by atoms with Crippen LogP contribution in [0, 0.1) is 0 Å². The van der Waals surface area contributed by atoms with Gasteiger partial charge < -0.3 is 15.3 Å². The van der Waals surface area contributed by atoms with Gasteiger partial charge in [0.15, 0.2) is 0 Å². The Morgan fingerprint density at radius 2 is 1.33 bits per heavy atom. The molecule has 0 aliphatic carbocycles. The smallest absolute Gasteiger partial charge is 0.115 e. The number of rotatable bonds is 3. The molecule has 0 spiro atoms. The van der Waals surface area contributed by atoms with E-state index in [0.29, 0.717) is 0 Å². The Morgan fingerprint density at radius 1 is 0.944 bits per heavy atom. The Kier molecular flexibility index (Phi) is 1.20. The molecule has 0 unspecified atom stereocenters. The van der Waals surface area contributed by atoms with Crippen molar-refractivity contribution >= 4 is 0 Å². The second-order valence-electron chi connectivity index (χ2n) is 3.51. The minimum Gasteiger partial charge on any atom is -0.508 e. The van der Waals surface area contributed by atoms with Crippen molar-refractivity contribution < 1.29 is 30.4 Å². The van der Waals surface area contributed by atoms with E-state index < -0.39 is 89.8 Å². The zero-order chi connectivity index (χ0) is 22.6. The Hall–Kier alpha value is -2.00. The zero-order valence-corrected chi connectivity index (χ0v) is 9.05. The predicted molar refractivity (Wildman–Crippen MR) is 69.8 cm³/mol. The van der Waals surface area contributed by atoms with E-state index in [-0.39, 0.29) is 0 Å². The molecule has 3 heteroatoms. The van der Waals surface area contributed by atoms with E-state index in [2.05, 4.69) is 0 Å². The van der Waals surface area contributed by atoms with Crippen LogP contribution in [0.5, 0.6) is 11.5 Å². The van der Waals surface area contributed by atoms with Crippen LogP contribution in [0.15, 0.2) is 48.3 Å². The van der Waals surface area contributed by atoms with Gasteiger partial charge in [-0.25, -0.2) is 0 Å². The molecule has 0 bridgehead atoms. The first-order valence-corrected chi connectivity index (χ1v) is 4.87. The van der Waals surface area contributed by atoms with Gasteiger partial charge in [-0.2, -0.15) is 0 Å². The molecule has 2 aromatic rings. The van der Waals surface area contributed by atoms with Crippen molar-refractivity contribution in [2.75, 3.05) is 6.61 Å². The maximum Gasteiger partial charge on any atom is 0.115 e. The van der Waals surface area contributed by atoms with Gasteiger partial charge in [-0.15, -0.1) is 0 Å². The molecule has 18 heavy (non-hydrogen) atoms. The molecule has 0 radical (unpaired) electrons. The van der Waals surface area contributed by atoms with Gasteiger partial charge in [0.1, 0.15) is 11.5 Å². The largest absolute Gasteiger partial charge is 0.508 e. The fourth-order valence-electron chi connectivity index (χ4n) is 1.32. The number of phenolic OH excluding ortho intramolecular Hbond substituents is 2. The quantitative estimate of drug-likeness (QED) is 0.789. The SMILES string of the molecule is [2H]c1c([2H])c(C(CO)(c2c([2H])c([2H])c(O)c([2H])c2[2H])C([2H])([2H])[2H])c([2H])c([2H])c1O. The molecular formula is C15H16O3. The van der Waals surface area contributed by atoms with Gasteiger partial charge in [-0.3, -0.25) is 0 Å². The maximum absolute atomic E-state index is 10.2. The molecule has 3 nitrogen and oxygen atoms in total. The van der Waals surface area contributed by atoms with Crippen molar-refractivity contribution in [1.82, 2.24) is 0 Å². The highest BCUT2D eigenvalue weighted by Crippen LogP contribution is 2.33. The van der Waals surface area contributed by atoms with Crippen molar-refractivity contribution in [2.45, 2.75) is 12.3 Å². The Morgan fingerprint density at radius 3 is 1.61 bits per heavy atom. The molecule has 94 valence electrons. The maximum atomic E-state index is 10.2. The van der Waals surface area contributed by atoms with Crippen LogP contribution in [0.4, 0.5) is 0 Å². The lowest BCUT2D eigenvalue weighted by atomic mass is 9.77. The number of aromatic hydroxyl groups is 2. The summed E-state index contributed by atoms with van der Waals surface area (Å²) in [5, 5.41) is 29.7. The van der Waals surface area contributed by atoms with Crippen molar-refractivity contribution in [3.05, 3.63) is 59.5 Å². The van der Waals surface area contributed by atoms with E-state index >= 15 is 0 Å². The highest BCUT2D eigenvalue weighted by atomic mass is 16.3. The van der Waals surface area contributed by atoms with Crippen molar-refractivity contribution in [1.29, 1.82) is 0 Å². The van der Waals surface area contributed by atoms with Crippen molar-refractivity contribution in [3.8, 4) is 11.5 Å². The summed E-state index contributed by atoms with van der Waals surface area (Å²) in [6.45, 7) is -4.82. The van der Waals surface area contributed by atoms with Crippen LogP contribution in [0.2, 0.25) is 0 Å². The third kappa shape index (κ3) is 2.17. The number of phenols is 2. The number of benzene rings is 2. The average molecular weight is 255 g/mol. The van der Waals surface area contributed by atoms with E-state index in [9.17, 15) is 15.3 Å². The molecule has 0 aliphatic heterocycles. The normalized spacial score (nSPS) is 20.8. The lowest BCUT2D eigenvalue weighted by molar-refractivity contribution is 0.231. The summed E-state index contributed by atoms with van der Waals surface area (Å²) in [7, 11) is 0. The first-order valence-electron chi connectivity index (χ1n) is 10.4. The van der Waals surface area contributed by atoms with E-state index in [1.54, 1.807) is 0 Å². The number of aliphatic hydroxyl groups is 1. The first kappa shape index (κ1) is 4.59. The summed E-state index contributed by atoms with van der Waals surface area (Å²) < 4.78 is 87.2. The molecular weight excluding hydrogens is 228 g/mol. The summed E-state index contributed by atoms with van der Waals surface area (Å²) in [5.74, 6) is -2.13. The van der Waals surface area contributed by atoms with Crippen molar-refractivity contribution in [3.63, 3.8) is 0 Å². The Balaban J connectivity index is 3.25. The van der Waals surface area contributed by atoms with E-state index in [4.69, 9.17) is 15.1 Å². The summed E-state index contributed by atoms with van der Waals surface area (Å²) in [6.07, 6.45) is 0. The average Bonchev–Trinajstić information content (AvgIpc) is 2.65. The van der Waals surface area contributed by atoms with Gasteiger partial charge in [0.05, 0.1) is 17.6 Å². The van der Waals surface area contributed by atoms with Gasteiger partial charge in [0.2, 0.25) is 0 Å². The van der Waals surface area contributed by atoms with Crippen LogP contribution >= 0.6 is 0 Å². The highest BCUT2D eigenvalue weighted by molar-refractivity contribution is 5.42. The van der Waals surface area contributed by atoms with Gasteiger partial charge in [-0.1, -0.05) is 24.2 Å². The second-order valence-corrected chi connectivity index (χ2v) is 3.51. The molecule has 0 aliphatic rings. The van der Waals surface area contributed by atoms with Gasteiger partial charge in [0, 0.05) is 9.53 Å². The van der Waals surface area contributed by atoms with Gasteiger partial charge in [0.25, 0.3) is 0 Å². The second kappa shape index (κ2) is 4.70. The molecule has 0 heterocycles. The van der Waals surface area contributed by atoms with Crippen LogP contribution in [-0.2, 0) is 5.41 Å². The minimum atomic E-state index is -3.38. The van der Waals surface area contributed by atoms with E-state index in [0.717, 1.165) is 0 Å².